The molecule has 0 N–H and O–H groups in total. The lowest BCUT2D eigenvalue weighted by Crippen LogP contribution is -2.53. The quantitative estimate of drug-likeness (QED) is 0.233. The van der Waals surface area contributed by atoms with Crippen LogP contribution in [0.25, 0.3) is 10.4 Å². The Morgan fingerprint density at radius 1 is 1.06 bits per heavy atom. The second-order valence-electron chi connectivity index (χ2n) is 8.56. The summed E-state index contributed by atoms with van der Waals surface area (Å²) >= 11 is 0. The van der Waals surface area contributed by atoms with E-state index in [1.165, 1.54) is 0 Å². The zero-order valence-electron chi connectivity index (χ0n) is 18.6. The molecule has 0 aliphatic carbocycles. The van der Waals surface area contributed by atoms with Crippen LogP contribution in [0, 0.1) is 0 Å². The number of benzene rings is 2. The Balaban J connectivity index is 1.56. The molecule has 2 aliphatic heterocycles. The zero-order chi connectivity index (χ0) is 23.3. The third-order valence-electron chi connectivity index (χ3n) is 5.65. The molecule has 0 spiro atoms. The Labute approximate surface area is 192 Å². The summed E-state index contributed by atoms with van der Waals surface area (Å²) in [6.45, 7) is 3.87. The molecule has 0 aromatic heterocycles. The molecule has 1 unspecified atom stereocenters. The fourth-order valence-corrected chi connectivity index (χ4v) is 4.11. The van der Waals surface area contributed by atoms with Crippen LogP contribution in [0.3, 0.4) is 0 Å². The SMILES string of the molecule is CC1(C)O[C@H]2O[C@H](C(C=O)(COCc3ccccc3)N=[N+]=[N-])[C@@H](OCc3ccccc3)[C@H]2O1. The molecule has 0 amide bonds. The van der Waals surface area contributed by atoms with Gasteiger partial charge in [0.05, 0.1) is 19.8 Å². The van der Waals surface area contributed by atoms with Gasteiger partial charge in [-0.15, -0.1) is 0 Å². The number of carbonyl (C=O) groups excluding carboxylic acids is 1. The molecule has 33 heavy (non-hydrogen) atoms. The van der Waals surface area contributed by atoms with Crippen molar-refractivity contribution in [2.45, 2.75) is 63.0 Å². The van der Waals surface area contributed by atoms with E-state index in [0.717, 1.165) is 11.1 Å². The monoisotopic (exact) mass is 453 g/mol. The molecule has 9 heteroatoms. The number of rotatable bonds is 10. The minimum atomic E-state index is -1.66. The number of aldehydes is 1. The van der Waals surface area contributed by atoms with Crippen molar-refractivity contribution in [1.29, 1.82) is 0 Å². The van der Waals surface area contributed by atoms with Crippen molar-refractivity contribution >= 4 is 6.29 Å². The predicted octanol–water partition coefficient (Wildman–Crippen LogP) is 3.91. The van der Waals surface area contributed by atoms with Crippen molar-refractivity contribution in [3.8, 4) is 0 Å². The molecule has 2 aromatic rings. The van der Waals surface area contributed by atoms with Gasteiger partial charge >= 0.3 is 0 Å². The Hall–Kier alpha value is -2.78. The van der Waals surface area contributed by atoms with E-state index < -0.39 is 35.9 Å². The second-order valence-corrected chi connectivity index (χ2v) is 8.56. The van der Waals surface area contributed by atoms with Crippen LogP contribution < -0.4 is 0 Å². The summed E-state index contributed by atoms with van der Waals surface area (Å²) in [6, 6.07) is 19.1. The van der Waals surface area contributed by atoms with Crippen LogP contribution in [0.15, 0.2) is 65.8 Å². The first-order chi connectivity index (χ1) is 16.0. The average molecular weight is 453 g/mol. The lowest BCUT2D eigenvalue weighted by Gasteiger charge is -2.34. The third kappa shape index (κ3) is 5.25. The van der Waals surface area contributed by atoms with E-state index in [9.17, 15) is 10.3 Å². The normalized spacial score (nSPS) is 27.3. The molecular formula is C24H27N3O6. The van der Waals surface area contributed by atoms with Crippen molar-refractivity contribution in [1.82, 2.24) is 0 Å². The number of carbonyl (C=O) groups is 1. The highest BCUT2D eigenvalue weighted by Gasteiger charge is 2.61. The topological polar surface area (TPSA) is 112 Å². The summed E-state index contributed by atoms with van der Waals surface area (Å²) in [5, 5.41) is 3.83. The standard InChI is InChI=1S/C24H27N3O6/c1-23(2)32-20-19(30-14-18-11-7-4-8-12-18)21(31-22(20)33-23)24(15-28,26-27-25)16-29-13-17-9-5-3-6-10-17/h3-12,15,19-22H,13-14,16H2,1-2H3/t19-,20+,21-,22+,24?/m0/s1. The van der Waals surface area contributed by atoms with Gasteiger partial charge < -0.3 is 28.5 Å². The van der Waals surface area contributed by atoms with E-state index in [4.69, 9.17) is 23.7 Å². The molecule has 0 radical (unpaired) electrons. The highest BCUT2D eigenvalue weighted by molar-refractivity contribution is 5.66. The van der Waals surface area contributed by atoms with Gasteiger partial charge in [-0.3, -0.25) is 0 Å². The summed E-state index contributed by atoms with van der Waals surface area (Å²) in [5.74, 6) is -0.874. The van der Waals surface area contributed by atoms with E-state index in [1.807, 2.05) is 60.7 Å². The van der Waals surface area contributed by atoms with Crippen molar-refractivity contribution in [3.63, 3.8) is 0 Å². The number of azide groups is 1. The van der Waals surface area contributed by atoms with Crippen LogP contribution in [0.5, 0.6) is 0 Å². The van der Waals surface area contributed by atoms with Crippen LogP contribution in [-0.4, -0.2) is 48.8 Å². The van der Waals surface area contributed by atoms with E-state index in [2.05, 4.69) is 10.0 Å². The largest absolute Gasteiger partial charge is 0.375 e. The second kappa shape index (κ2) is 10.0. The summed E-state index contributed by atoms with van der Waals surface area (Å²) in [4.78, 5) is 15.3. The molecule has 174 valence electrons. The number of fused-ring (bicyclic) bond motifs is 1. The minimum absolute atomic E-state index is 0.186. The number of nitrogens with zero attached hydrogens (tertiary/aromatic N) is 3. The van der Waals surface area contributed by atoms with Gasteiger partial charge in [0.15, 0.2) is 17.6 Å². The summed E-state index contributed by atoms with van der Waals surface area (Å²) < 4.78 is 30.0. The number of ether oxygens (including phenoxy) is 5. The minimum Gasteiger partial charge on any atom is -0.375 e. The molecule has 5 atom stereocenters. The van der Waals surface area contributed by atoms with E-state index in [0.29, 0.717) is 6.29 Å². The van der Waals surface area contributed by atoms with Crippen LogP contribution in [0.1, 0.15) is 25.0 Å². The molecule has 2 heterocycles. The van der Waals surface area contributed by atoms with E-state index >= 15 is 0 Å². The van der Waals surface area contributed by atoms with Crippen LogP contribution in [0.4, 0.5) is 0 Å². The first-order valence-electron chi connectivity index (χ1n) is 10.8. The highest BCUT2D eigenvalue weighted by atomic mass is 16.8. The van der Waals surface area contributed by atoms with Gasteiger partial charge in [-0.05, 0) is 30.5 Å². The highest BCUT2D eigenvalue weighted by Crippen LogP contribution is 2.42. The van der Waals surface area contributed by atoms with E-state index in [1.54, 1.807) is 13.8 Å². The van der Waals surface area contributed by atoms with Crippen LogP contribution >= 0.6 is 0 Å². The first-order valence-corrected chi connectivity index (χ1v) is 10.8. The van der Waals surface area contributed by atoms with Gasteiger partial charge in [0.25, 0.3) is 0 Å². The van der Waals surface area contributed by atoms with Gasteiger partial charge in [-0.1, -0.05) is 65.8 Å². The molecule has 2 saturated heterocycles. The lowest BCUT2D eigenvalue weighted by molar-refractivity contribution is -0.227. The summed E-state index contributed by atoms with van der Waals surface area (Å²) in [6.07, 6.45) is -2.50. The maximum Gasteiger partial charge on any atom is 0.190 e. The Morgan fingerprint density at radius 2 is 1.70 bits per heavy atom. The molecular weight excluding hydrogens is 426 g/mol. The van der Waals surface area contributed by atoms with Gasteiger partial charge in [0.2, 0.25) is 0 Å². The summed E-state index contributed by atoms with van der Waals surface area (Å²) in [7, 11) is 0. The van der Waals surface area contributed by atoms with Crippen molar-refractivity contribution in [2.75, 3.05) is 6.61 Å². The molecule has 4 rings (SSSR count). The van der Waals surface area contributed by atoms with Crippen LogP contribution in [-0.2, 0) is 41.7 Å². The van der Waals surface area contributed by atoms with Gasteiger partial charge in [-0.2, -0.15) is 0 Å². The van der Waals surface area contributed by atoms with Gasteiger partial charge in [0.1, 0.15) is 24.6 Å². The predicted molar refractivity (Wildman–Crippen MR) is 118 cm³/mol. The maximum absolute atomic E-state index is 12.4. The van der Waals surface area contributed by atoms with Crippen molar-refractivity contribution in [3.05, 3.63) is 82.2 Å². The molecule has 2 aromatic carbocycles. The van der Waals surface area contributed by atoms with Crippen molar-refractivity contribution < 1.29 is 28.5 Å². The fourth-order valence-electron chi connectivity index (χ4n) is 4.11. The number of hydrogen-bond acceptors (Lipinski definition) is 7. The number of hydrogen-bond donors (Lipinski definition) is 0. The lowest BCUT2D eigenvalue weighted by atomic mass is 9.91. The van der Waals surface area contributed by atoms with E-state index in [-0.39, 0.29) is 19.8 Å². The Morgan fingerprint density at radius 3 is 2.30 bits per heavy atom. The van der Waals surface area contributed by atoms with Gasteiger partial charge in [-0.25, -0.2) is 0 Å². The smallest absolute Gasteiger partial charge is 0.190 e. The molecule has 2 aliphatic rings. The molecule has 0 bridgehead atoms. The Kier molecular flexibility index (Phi) is 7.09. The first kappa shape index (κ1) is 23.4. The summed E-state index contributed by atoms with van der Waals surface area (Å²) in [5.41, 5.74) is 9.48. The average Bonchev–Trinajstić information content (AvgIpc) is 3.30. The molecule has 2 fully saturated rings. The van der Waals surface area contributed by atoms with Crippen molar-refractivity contribution in [2.24, 2.45) is 5.11 Å². The zero-order valence-corrected chi connectivity index (χ0v) is 18.6. The van der Waals surface area contributed by atoms with Gasteiger partial charge in [0, 0.05) is 4.91 Å². The molecule has 9 nitrogen and oxygen atoms in total. The fraction of sp³-hybridized carbons (Fsp3) is 0.458. The molecule has 0 saturated carbocycles. The van der Waals surface area contributed by atoms with Crippen LogP contribution in [0.2, 0.25) is 0 Å². The Bertz CT molecular complexity index is 982. The third-order valence-corrected chi connectivity index (χ3v) is 5.65. The maximum atomic E-state index is 12.4.